The number of fused-ring (bicyclic) bond motifs is 1. The molecule has 1 aliphatic rings. The summed E-state index contributed by atoms with van der Waals surface area (Å²) in [4.78, 5) is 22.1. The molecule has 0 unspecified atom stereocenters. The predicted octanol–water partition coefficient (Wildman–Crippen LogP) is 3.67. The molecule has 0 fully saturated rings. The lowest BCUT2D eigenvalue weighted by molar-refractivity contribution is 0.0696. The first-order valence-electron chi connectivity index (χ1n) is 7.02. The molecular weight excluding hydrogens is 318 g/mol. The SMILES string of the molecule is CC1(C)CCc2sc(-c3ccnc(NS)n3)c(C(=O)O)c2C1. The molecular formula is C15H17N3O2S2. The summed E-state index contributed by atoms with van der Waals surface area (Å²) in [6, 6.07) is 1.74. The van der Waals surface area contributed by atoms with Crippen LogP contribution in [0.25, 0.3) is 10.6 Å². The number of aryl methyl sites for hydroxylation is 1. The maximum absolute atomic E-state index is 11.8. The van der Waals surface area contributed by atoms with Crippen molar-refractivity contribution in [3.8, 4) is 10.6 Å². The zero-order valence-corrected chi connectivity index (χ0v) is 14.1. The quantitative estimate of drug-likeness (QED) is 0.746. The Kier molecular flexibility index (Phi) is 3.86. The van der Waals surface area contributed by atoms with Crippen LogP contribution in [0.2, 0.25) is 0 Å². The number of nitrogens with zero attached hydrogens (tertiary/aromatic N) is 2. The van der Waals surface area contributed by atoms with Gasteiger partial charge in [-0.1, -0.05) is 26.7 Å². The number of aromatic nitrogens is 2. The van der Waals surface area contributed by atoms with Gasteiger partial charge < -0.3 is 9.83 Å². The van der Waals surface area contributed by atoms with E-state index in [4.69, 9.17) is 0 Å². The number of anilines is 1. The third-order valence-electron chi connectivity index (χ3n) is 3.98. The fourth-order valence-corrected chi connectivity index (χ4v) is 4.25. The van der Waals surface area contributed by atoms with Gasteiger partial charge in [-0.25, -0.2) is 14.8 Å². The van der Waals surface area contributed by atoms with Crippen molar-refractivity contribution >= 4 is 36.1 Å². The van der Waals surface area contributed by atoms with Crippen molar-refractivity contribution in [3.05, 3.63) is 28.3 Å². The van der Waals surface area contributed by atoms with Gasteiger partial charge in [-0.3, -0.25) is 0 Å². The van der Waals surface area contributed by atoms with E-state index < -0.39 is 5.97 Å². The topological polar surface area (TPSA) is 75.1 Å². The fraction of sp³-hybridized carbons (Fsp3) is 0.400. The predicted molar refractivity (Wildman–Crippen MR) is 90.7 cm³/mol. The van der Waals surface area contributed by atoms with Crippen LogP contribution in [0.1, 0.15) is 41.1 Å². The normalized spacial score (nSPS) is 16.1. The lowest BCUT2D eigenvalue weighted by Crippen LogP contribution is -2.22. The van der Waals surface area contributed by atoms with Crippen molar-refractivity contribution in [3.63, 3.8) is 0 Å². The molecule has 2 aromatic rings. The van der Waals surface area contributed by atoms with E-state index in [1.54, 1.807) is 12.3 Å². The van der Waals surface area contributed by atoms with Crippen molar-refractivity contribution in [1.29, 1.82) is 0 Å². The number of rotatable bonds is 3. The molecule has 1 aliphatic carbocycles. The number of aromatic carboxylic acids is 1. The third-order valence-corrected chi connectivity index (χ3v) is 5.49. The summed E-state index contributed by atoms with van der Waals surface area (Å²) in [5.41, 5.74) is 2.14. The molecule has 116 valence electrons. The summed E-state index contributed by atoms with van der Waals surface area (Å²) >= 11 is 5.48. The molecule has 0 aliphatic heterocycles. The molecule has 3 rings (SSSR count). The second-order valence-corrected chi connectivity index (χ2v) is 7.56. The molecule has 0 amide bonds. The van der Waals surface area contributed by atoms with Crippen LogP contribution in [0.3, 0.4) is 0 Å². The van der Waals surface area contributed by atoms with Gasteiger partial charge in [-0.2, -0.15) is 0 Å². The van der Waals surface area contributed by atoms with Gasteiger partial charge >= 0.3 is 5.97 Å². The Labute approximate surface area is 138 Å². The summed E-state index contributed by atoms with van der Waals surface area (Å²) in [5, 5.41) is 9.70. The number of hydrogen-bond donors (Lipinski definition) is 3. The highest BCUT2D eigenvalue weighted by atomic mass is 32.1. The minimum atomic E-state index is -0.885. The Morgan fingerprint density at radius 1 is 1.50 bits per heavy atom. The van der Waals surface area contributed by atoms with E-state index in [1.807, 2.05) is 0 Å². The molecule has 22 heavy (non-hydrogen) atoms. The van der Waals surface area contributed by atoms with Crippen LogP contribution in [-0.2, 0) is 12.8 Å². The van der Waals surface area contributed by atoms with E-state index in [2.05, 4.69) is 41.4 Å². The van der Waals surface area contributed by atoms with Gasteiger partial charge in [0.2, 0.25) is 5.95 Å². The zero-order valence-electron chi connectivity index (χ0n) is 12.4. The average Bonchev–Trinajstić information content (AvgIpc) is 2.84. The van der Waals surface area contributed by atoms with Crippen LogP contribution in [0.15, 0.2) is 12.3 Å². The summed E-state index contributed by atoms with van der Waals surface area (Å²) in [6.45, 7) is 4.37. The second-order valence-electron chi connectivity index (χ2n) is 6.23. The molecule has 0 saturated heterocycles. The minimum absolute atomic E-state index is 0.138. The maximum Gasteiger partial charge on any atom is 0.337 e. The van der Waals surface area contributed by atoms with Gasteiger partial charge in [0.25, 0.3) is 0 Å². The van der Waals surface area contributed by atoms with Gasteiger partial charge in [0.15, 0.2) is 0 Å². The summed E-state index contributed by atoms with van der Waals surface area (Å²) < 4.78 is 2.59. The molecule has 0 bridgehead atoms. The number of nitrogens with one attached hydrogen (secondary N) is 1. The Morgan fingerprint density at radius 3 is 2.95 bits per heavy atom. The van der Waals surface area contributed by atoms with E-state index in [0.717, 1.165) is 24.8 Å². The highest BCUT2D eigenvalue weighted by Crippen LogP contribution is 2.44. The van der Waals surface area contributed by atoms with Crippen molar-refractivity contribution in [2.75, 3.05) is 4.72 Å². The number of carboxylic acid groups (broad SMARTS) is 1. The van der Waals surface area contributed by atoms with Crippen molar-refractivity contribution in [1.82, 2.24) is 9.97 Å². The molecule has 7 heteroatoms. The lowest BCUT2D eigenvalue weighted by atomic mass is 9.76. The van der Waals surface area contributed by atoms with Gasteiger partial charge in [0.05, 0.1) is 16.1 Å². The van der Waals surface area contributed by atoms with Gasteiger partial charge in [-0.15, -0.1) is 11.3 Å². The van der Waals surface area contributed by atoms with E-state index >= 15 is 0 Å². The Morgan fingerprint density at radius 2 is 2.27 bits per heavy atom. The first-order valence-corrected chi connectivity index (χ1v) is 8.29. The van der Waals surface area contributed by atoms with Crippen molar-refractivity contribution in [2.45, 2.75) is 33.1 Å². The monoisotopic (exact) mass is 335 g/mol. The van der Waals surface area contributed by atoms with E-state index in [0.29, 0.717) is 22.1 Å². The molecule has 0 radical (unpaired) electrons. The van der Waals surface area contributed by atoms with Crippen molar-refractivity contribution in [2.24, 2.45) is 5.41 Å². The first kappa shape index (κ1) is 15.3. The molecule has 0 saturated carbocycles. The van der Waals surface area contributed by atoms with Gasteiger partial charge in [0.1, 0.15) is 0 Å². The largest absolute Gasteiger partial charge is 0.478 e. The Hall–Kier alpha value is -1.60. The van der Waals surface area contributed by atoms with Gasteiger partial charge in [-0.05, 0) is 36.3 Å². The molecule has 0 aromatic carbocycles. The molecule has 0 atom stereocenters. The molecule has 2 N–H and O–H groups in total. The molecule has 2 heterocycles. The van der Waals surface area contributed by atoms with Crippen LogP contribution in [0, 0.1) is 5.41 Å². The second kappa shape index (κ2) is 5.55. The smallest absolute Gasteiger partial charge is 0.337 e. The molecule has 5 nitrogen and oxygen atoms in total. The number of hydrogen-bond acceptors (Lipinski definition) is 6. The number of thiol groups is 1. The average molecular weight is 335 g/mol. The van der Waals surface area contributed by atoms with Crippen LogP contribution >= 0.6 is 24.2 Å². The van der Waals surface area contributed by atoms with Gasteiger partial charge in [0, 0.05) is 11.1 Å². The Bertz CT molecular complexity index is 740. The van der Waals surface area contributed by atoms with Crippen molar-refractivity contribution < 1.29 is 9.90 Å². The van der Waals surface area contributed by atoms with Crippen LogP contribution in [-0.4, -0.2) is 21.0 Å². The summed E-state index contributed by atoms with van der Waals surface area (Å²) in [6.07, 6.45) is 4.40. The number of thiophene rings is 1. The van der Waals surface area contributed by atoms with Crippen LogP contribution < -0.4 is 4.72 Å². The van der Waals surface area contributed by atoms with E-state index in [-0.39, 0.29) is 5.41 Å². The van der Waals surface area contributed by atoms with Crippen LogP contribution in [0.5, 0.6) is 0 Å². The molecule has 0 spiro atoms. The fourth-order valence-electron chi connectivity index (χ4n) is 2.87. The standard InChI is InChI=1S/C15H17N3O2S2/c1-15(2)5-3-10-8(7-15)11(13(19)20)12(22-10)9-4-6-16-14(17-9)18-21/h4,6,21H,3,5,7H2,1-2H3,(H,19,20)(H,16,17,18). The number of carboxylic acids is 1. The first-order chi connectivity index (χ1) is 10.4. The van der Waals surface area contributed by atoms with Crippen LogP contribution in [0.4, 0.5) is 5.95 Å². The van der Waals surface area contributed by atoms with E-state index in [9.17, 15) is 9.90 Å². The molecule has 2 aromatic heterocycles. The zero-order chi connectivity index (χ0) is 15.9. The summed E-state index contributed by atoms with van der Waals surface area (Å²) in [5.74, 6) is -0.520. The maximum atomic E-state index is 11.8. The van der Waals surface area contributed by atoms with E-state index in [1.165, 1.54) is 16.2 Å². The Balaban J connectivity index is 2.16. The number of carbonyl (C=O) groups is 1. The summed E-state index contributed by atoms with van der Waals surface area (Å²) in [7, 11) is 0. The highest BCUT2D eigenvalue weighted by molar-refractivity contribution is 7.81. The lowest BCUT2D eigenvalue weighted by Gasteiger charge is -2.29. The highest BCUT2D eigenvalue weighted by Gasteiger charge is 2.33. The minimum Gasteiger partial charge on any atom is -0.478 e. The third kappa shape index (κ3) is 2.70.